The quantitative estimate of drug-likeness (QED) is 0.459. The number of benzene rings is 1. The standard InChI is InChI=1S/C23H29N3O3/c1-4-29-20(27)14-26-15(2)17(16-9-5-6-11-19(16)26)13-24-25-22(28)21-18-10-7-8-12-23(18,21)3/h5-6,9,11,13,18,21H,4,7-8,10,12,14H2,1-3H3,(H,25,28)/b24-13+. The van der Waals surface area contributed by atoms with Gasteiger partial charge in [0.25, 0.3) is 0 Å². The lowest BCUT2D eigenvalue weighted by Gasteiger charge is -2.15. The number of esters is 1. The number of hydrogen-bond donors (Lipinski definition) is 1. The number of rotatable bonds is 6. The number of para-hydroxylation sites is 1. The number of hydrazone groups is 1. The average molecular weight is 396 g/mol. The number of carbonyl (C=O) groups is 2. The first-order valence-electron chi connectivity index (χ1n) is 10.5. The molecule has 0 saturated heterocycles. The van der Waals surface area contributed by atoms with Gasteiger partial charge in [0, 0.05) is 28.1 Å². The molecule has 2 aliphatic carbocycles. The highest BCUT2D eigenvalue weighted by Crippen LogP contribution is 2.66. The first-order valence-corrected chi connectivity index (χ1v) is 10.5. The Morgan fingerprint density at radius 3 is 2.86 bits per heavy atom. The van der Waals surface area contributed by atoms with Crippen molar-refractivity contribution >= 4 is 29.0 Å². The van der Waals surface area contributed by atoms with Crippen LogP contribution in [0, 0.1) is 24.2 Å². The highest BCUT2D eigenvalue weighted by Gasteiger charge is 2.64. The largest absolute Gasteiger partial charge is 0.465 e. The Morgan fingerprint density at radius 2 is 2.14 bits per heavy atom. The van der Waals surface area contributed by atoms with Crippen molar-refractivity contribution in [2.75, 3.05) is 6.61 Å². The second-order valence-corrected chi connectivity index (χ2v) is 8.48. The van der Waals surface area contributed by atoms with Crippen LogP contribution in [0.25, 0.3) is 10.9 Å². The molecule has 2 fully saturated rings. The minimum Gasteiger partial charge on any atom is -0.465 e. The third kappa shape index (κ3) is 3.45. The smallest absolute Gasteiger partial charge is 0.325 e. The Bertz CT molecular complexity index is 977. The molecule has 0 spiro atoms. The van der Waals surface area contributed by atoms with Gasteiger partial charge in [-0.05, 0) is 44.1 Å². The molecule has 0 bridgehead atoms. The molecule has 3 unspecified atom stereocenters. The summed E-state index contributed by atoms with van der Waals surface area (Å²) in [5, 5.41) is 5.28. The lowest BCUT2D eigenvalue weighted by atomic mass is 9.90. The summed E-state index contributed by atoms with van der Waals surface area (Å²) in [4.78, 5) is 24.7. The van der Waals surface area contributed by atoms with E-state index in [4.69, 9.17) is 4.74 Å². The molecule has 4 rings (SSSR count). The monoisotopic (exact) mass is 395 g/mol. The van der Waals surface area contributed by atoms with Gasteiger partial charge in [-0.25, -0.2) is 5.43 Å². The second kappa shape index (κ2) is 7.65. The molecule has 29 heavy (non-hydrogen) atoms. The summed E-state index contributed by atoms with van der Waals surface area (Å²) in [6.07, 6.45) is 6.44. The SMILES string of the molecule is CCOC(=O)Cn1c(C)c(/C=N/NC(=O)C2C3CCCCC32C)c2ccccc21. The molecule has 154 valence electrons. The van der Waals surface area contributed by atoms with Crippen molar-refractivity contribution in [2.45, 2.75) is 53.0 Å². The molecule has 1 aromatic heterocycles. The molecule has 0 aliphatic heterocycles. The molecule has 6 heteroatoms. The molecule has 1 amide bonds. The van der Waals surface area contributed by atoms with Gasteiger partial charge in [0.2, 0.25) is 5.91 Å². The maximum atomic E-state index is 12.6. The van der Waals surface area contributed by atoms with E-state index in [9.17, 15) is 9.59 Å². The van der Waals surface area contributed by atoms with Crippen molar-refractivity contribution in [3.05, 3.63) is 35.5 Å². The van der Waals surface area contributed by atoms with E-state index in [0.717, 1.165) is 35.0 Å². The van der Waals surface area contributed by atoms with E-state index < -0.39 is 0 Å². The summed E-state index contributed by atoms with van der Waals surface area (Å²) in [6.45, 7) is 6.51. The number of aromatic nitrogens is 1. The van der Waals surface area contributed by atoms with E-state index in [1.54, 1.807) is 13.1 Å². The molecular weight excluding hydrogens is 366 g/mol. The molecule has 6 nitrogen and oxygen atoms in total. The van der Waals surface area contributed by atoms with Gasteiger partial charge in [-0.3, -0.25) is 9.59 Å². The number of amides is 1. The Kier molecular flexibility index (Phi) is 5.19. The summed E-state index contributed by atoms with van der Waals surface area (Å²) in [6, 6.07) is 7.89. The molecule has 1 heterocycles. The zero-order valence-electron chi connectivity index (χ0n) is 17.4. The Hall–Kier alpha value is -2.63. The molecule has 2 saturated carbocycles. The first-order chi connectivity index (χ1) is 14.0. The lowest BCUT2D eigenvalue weighted by molar-refractivity contribution is -0.143. The lowest BCUT2D eigenvalue weighted by Crippen LogP contribution is -2.22. The predicted octanol–water partition coefficient (Wildman–Crippen LogP) is 3.79. The van der Waals surface area contributed by atoms with E-state index in [0.29, 0.717) is 12.5 Å². The number of nitrogens with one attached hydrogen (secondary N) is 1. The fourth-order valence-electron chi connectivity index (χ4n) is 5.24. The highest BCUT2D eigenvalue weighted by molar-refractivity contribution is 6.01. The van der Waals surface area contributed by atoms with E-state index in [-0.39, 0.29) is 29.8 Å². The molecular formula is C23H29N3O3. The zero-order valence-corrected chi connectivity index (χ0v) is 17.4. The fourth-order valence-corrected chi connectivity index (χ4v) is 5.24. The minimum atomic E-state index is -0.266. The third-order valence-corrected chi connectivity index (χ3v) is 6.85. The van der Waals surface area contributed by atoms with Gasteiger partial charge in [-0.1, -0.05) is 38.0 Å². The highest BCUT2D eigenvalue weighted by atomic mass is 16.5. The van der Waals surface area contributed by atoms with Crippen molar-refractivity contribution in [2.24, 2.45) is 22.4 Å². The Labute approximate surface area is 171 Å². The third-order valence-electron chi connectivity index (χ3n) is 6.85. The molecule has 1 N–H and O–H groups in total. The van der Waals surface area contributed by atoms with Crippen LogP contribution in [0.15, 0.2) is 29.4 Å². The van der Waals surface area contributed by atoms with E-state index in [1.165, 1.54) is 12.8 Å². The molecule has 2 aliphatic rings. The topological polar surface area (TPSA) is 72.7 Å². The van der Waals surface area contributed by atoms with Gasteiger partial charge in [0.1, 0.15) is 6.54 Å². The maximum Gasteiger partial charge on any atom is 0.325 e. The van der Waals surface area contributed by atoms with Crippen LogP contribution in [0.5, 0.6) is 0 Å². The number of hydrogen-bond acceptors (Lipinski definition) is 4. The normalized spacial score (nSPS) is 25.8. The predicted molar refractivity (Wildman–Crippen MR) is 113 cm³/mol. The van der Waals surface area contributed by atoms with Crippen LogP contribution in [0.3, 0.4) is 0 Å². The van der Waals surface area contributed by atoms with Gasteiger partial charge in [0.05, 0.1) is 12.8 Å². The minimum absolute atomic E-state index is 0.0311. The van der Waals surface area contributed by atoms with Gasteiger partial charge >= 0.3 is 5.97 Å². The van der Waals surface area contributed by atoms with Crippen molar-refractivity contribution < 1.29 is 14.3 Å². The maximum absolute atomic E-state index is 12.6. The number of ether oxygens (including phenoxy) is 1. The first kappa shape index (κ1) is 19.7. The molecule has 3 atom stereocenters. The molecule has 1 aromatic carbocycles. The van der Waals surface area contributed by atoms with Gasteiger partial charge < -0.3 is 9.30 Å². The summed E-state index contributed by atoms with van der Waals surface area (Å²) in [5.41, 5.74) is 5.71. The summed E-state index contributed by atoms with van der Waals surface area (Å²) < 4.78 is 7.05. The van der Waals surface area contributed by atoms with Gasteiger partial charge in [-0.15, -0.1) is 0 Å². The second-order valence-electron chi connectivity index (χ2n) is 8.48. The number of carbonyl (C=O) groups excluding carboxylic acids is 2. The Balaban J connectivity index is 1.53. The van der Waals surface area contributed by atoms with Gasteiger partial charge in [-0.2, -0.15) is 5.10 Å². The van der Waals surface area contributed by atoms with Crippen molar-refractivity contribution in [1.82, 2.24) is 9.99 Å². The van der Waals surface area contributed by atoms with Crippen LogP contribution in [-0.2, 0) is 20.9 Å². The van der Waals surface area contributed by atoms with Crippen LogP contribution in [0.4, 0.5) is 0 Å². The number of nitrogens with zero attached hydrogens (tertiary/aromatic N) is 2. The fraction of sp³-hybridized carbons (Fsp3) is 0.522. The van der Waals surface area contributed by atoms with E-state index in [1.807, 2.05) is 35.8 Å². The van der Waals surface area contributed by atoms with Crippen LogP contribution in [0.2, 0.25) is 0 Å². The van der Waals surface area contributed by atoms with Crippen molar-refractivity contribution in [1.29, 1.82) is 0 Å². The molecule has 2 aromatic rings. The Morgan fingerprint density at radius 1 is 1.34 bits per heavy atom. The van der Waals surface area contributed by atoms with Gasteiger partial charge in [0.15, 0.2) is 0 Å². The van der Waals surface area contributed by atoms with Crippen LogP contribution < -0.4 is 5.43 Å². The van der Waals surface area contributed by atoms with Crippen LogP contribution >= 0.6 is 0 Å². The van der Waals surface area contributed by atoms with Crippen molar-refractivity contribution in [3.63, 3.8) is 0 Å². The van der Waals surface area contributed by atoms with Crippen molar-refractivity contribution in [3.8, 4) is 0 Å². The van der Waals surface area contributed by atoms with Crippen LogP contribution in [0.1, 0.15) is 50.8 Å². The summed E-state index contributed by atoms with van der Waals surface area (Å²) in [7, 11) is 0. The molecule has 0 radical (unpaired) electrons. The van der Waals surface area contributed by atoms with Crippen LogP contribution in [-0.4, -0.2) is 29.3 Å². The zero-order chi connectivity index (χ0) is 20.6. The number of fused-ring (bicyclic) bond motifs is 2. The van der Waals surface area contributed by atoms with E-state index >= 15 is 0 Å². The summed E-state index contributed by atoms with van der Waals surface area (Å²) in [5.74, 6) is 0.370. The average Bonchev–Trinajstić information content (AvgIpc) is 3.26. The summed E-state index contributed by atoms with van der Waals surface area (Å²) >= 11 is 0. The van der Waals surface area contributed by atoms with E-state index in [2.05, 4.69) is 17.5 Å².